The first-order valence-electron chi connectivity index (χ1n) is 4.49. The molecule has 0 aliphatic carbocycles. The summed E-state index contributed by atoms with van der Waals surface area (Å²) < 4.78 is 26.1. The number of hydrogen-bond acceptors (Lipinski definition) is 5. The van der Waals surface area contributed by atoms with Crippen LogP contribution in [0.15, 0.2) is 23.5 Å². The Bertz CT molecular complexity index is 639. The van der Waals surface area contributed by atoms with Gasteiger partial charge in [-0.2, -0.15) is 5.10 Å². The predicted molar refractivity (Wildman–Crippen MR) is 61.2 cm³/mol. The molecule has 0 aromatic carbocycles. The molecule has 0 amide bonds. The second-order valence-corrected chi connectivity index (χ2v) is 5.23. The molecule has 0 unspecified atom stereocenters. The van der Waals surface area contributed by atoms with Crippen LogP contribution in [0, 0.1) is 6.92 Å². The number of aryl methyl sites for hydroxylation is 1. The molecule has 0 radical (unpaired) electrons. The largest absolute Gasteiger partial charge is 0.281 e. The predicted octanol–water partition coefficient (Wildman–Crippen LogP) is 0.962. The second-order valence-electron chi connectivity index (χ2n) is 3.19. The summed E-state index contributed by atoms with van der Waals surface area (Å²) in [6, 6.07) is 0. The van der Waals surface area contributed by atoms with Crippen LogP contribution in [0.1, 0.15) is 5.69 Å². The maximum Gasteiger partial charge on any atom is 0.266 e. The zero-order valence-corrected chi connectivity index (χ0v) is 10.2. The fourth-order valence-corrected chi connectivity index (χ4v) is 2.47. The Morgan fingerprint density at radius 2 is 2.12 bits per heavy atom. The van der Waals surface area contributed by atoms with Crippen molar-refractivity contribution in [1.29, 1.82) is 0 Å². The van der Waals surface area contributed by atoms with Gasteiger partial charge < -0.3 is 0 Å². The van der Waals surface area contributed by atoms with E-state index in [9.17, 15) is 8.42 Å². The molecule has 7 nitrogen and oxygen atoms in total. The van der Waals surface area contributed by atoms with E-state index >= 15 is 0 Å². The highest BCUT2D eigenvalue weighted by molar-refractivity contribution is 7.92. The number of H-pyrrole nitrogens is 1. The van der Waals surface area contributed by atoms with E-state index in [1.807, 2.05) is 0 Å². The number of anilines is 1. The molecule has 0 saturated heterocycles. The number of hydrogen-bond donors (Lipinski definition) is 2. The second kappa shape index (κ2) is 4.30. The maximum atomic E-state index is 11.9. The third-order valence-corrected chi connectivity index (χ3v) is 3.57. The van der Waals surface area contributed by atoms with Gasteiger partial charge in [0.05, 0.1) is 24.3 Å². The quantitative estimate of drug-likeness (QED) is 0.867. The van der Waals surface area contributed by atoms with Gasteiger partial charge in [-0.25, -0.2) is 13.4 Å². The first kappa shape index (κ1) is 11.8. The van der Waals surface area contributed by atoms with E-state index in [0.717, 1.165) is 0 Å². The number of halogens is 1. The van der Waals surface area contributed by atoms with Gasteiger partial charge in [0.25, 0.3) is 10.0 Å². The lowest BCUT2D eigenvalue weighted by Gasteiger charge is -2.05. The van der Waals surface area contributed by atoms with Crippen LogP contribution in [0.4, 0.5) is 5.82 Å². The van der Waals surface area contributed by atoms with Gasteiger partial charge in [-0.05, 0) is 6.92 Å². The van der Waals surface area contributed by atoms with Crippen molar-refractivity contribution in [3.05, 3.63) is 29.4 Å². The minimum Gasteiger partial charge on any atom is -0.281 e. The summed E-state index contributed by atoms with van der Waals surface area (Å²) in [6.07, 6.45) is 3.79. The zero-order chi connectivity index (χ0) is 12.5. The number of nitrogens with one attached hydrogen (secondary N) is 2. The van der Waals surface area contributed by atoms with Crippen LogP contribution in [-0.4, -0.2) is 28.6 Å². The summed E-state index contributed by atoms with van der Waals surface area (Å²) in [5.41, 5.74) is 0.437. The number of aromatic amines is 1. The molecule has 0 saturated carbocycles. The lowest BCUT2D eigenvalue weighted by Crippen LogP contribution is -2.14. The van der Waals surface area contributed by atoms with E-state index in [2.05, 4.69) is 24.9 Å². The topological polar surface area (TPSA) is 101 Å². The first-order chi connectivity index (χ1) is 7.99. The van der Waals surface area contributed by atoms with E-state index in [1.165, 1.54) is 18.6 Å². The summed E-state index contributed by atoms with van der Waals surface area (Å²) in [6.45, 7) is 1.60. The summed E-state index contributed by atoms with van der Waals surface area (Å²) in [5.74, 6) is 0.0538. The Hall–Kier alpha value is -1.67. The Morgan fingerprint density at radius 3 is 2.71 bits per heavy atom. The zero-order valence-electron chi connectivity index (χ0n) is 8.68. The number of aromatic nitrogens is 4. The Balaban J connectivity index is 2.33. The van der Waals surface area contributed by atoms with Crippen molar-refractivity contribution in [2.75, 3.05) is 4.72 Å². The minimum atomic E-state index is -3.72. The van der Waals surface area contributed by atoms with Gasteiger partial charge in [-0.15, -0.1) is 0 Å². The monoisotopic (exact) mass is 273 g/mol. The molecule has 2 rings (SSSR count). The van der Waals surface area contributed by atoms with Crippen LogP contribution in [0.5, 0.6) is 0 Å². The van der Waals surface area contributed by atoms with Crippen LogP contribution in [0.2, 0.25) is 5.15 Å². The van der Waals surface area contributed by atoms with E-state index < -0.39 is 10.0 Å². The molecule has 17 heavy (non-hydrogen) atoms. The fraction of sp³-hybridized carbons (Fsp3) is 0.125. The number of nitrogens with zero attached hydrogens (tertiary/aromatic N) is 3. The van der Waals surface area contributed by atoms with Crippen molar-refractivity contribution in [3.63, 3.8) is 0 Å². The van der Waals surface area contributed by atoms with Crippen LogP contribution in [0.25, 0.3) is 0 Å². The molecule has 0 spiro atoms. The third kappa shape index (κ3) is 2.53. The normalized spacial score (nSPS) is 11.4. The molecule has 0 aliphatic rings. The average Bonchev–Trinajstić information content (AvgIpc) is 2.64. The number of sulfonamides is 1. The lowest BCUT2D eigenvalue weighted by molar-refractivity contribution is 0.600. The molecule has 0 bridgehead atoms. The van der Waals surface area contributed by atoms with Crippen molar-refractivity contribution < 1.29 is 8.42 Å². The molecule has 2 N–H and O–H groups in total. The Morgan fingerprint density at radius 1 is 1.35 bits per heavy atom. The molecule has 9 heteroatoms. The van der Waals surface area contributed by atoms with Crippen molar-refractivity contribution in [1.82, 2.24) is 20.2 Å². The van der Waals surface area contributed by atoms with E-state index in [-0.39, 0.29) is 15.9 Å². The van der Waals surface area contributed by atoms with Crippen molar-refractivity contribution in [2.45, 2.75) is 11.8 Å². The summed E-state index contributed by atoms with van der Waals surface area (Å²) in [7, 11) is -3.72. The molecule has 0 fully saturated rings. The molecule has 2 aromatic rings. The molecule has 2 aromatic heterocycles. The molecule has 0 aliphatic heterocycles. The third-order valence-electron chi connectivity index (χ3n) is 1.92. The van der Waals surface area contributed by atoms with Crippen molar-refractivity contribution in [2.24, 2.45) is 0 Å². The first-order valence-corrected chi connectivity index (χ1v) is 6.35. The molecule has 0 atom stereocenters. The molecule has 2 heterocycles. The van der Waals surface area contributed by atoms with E-state index in [1.54, 1.807) is 6.92 Å². The van der Waals surface area contributed by atoms with Gasteiger partial charge in [0.15, 0.2) is 5.82 Å². The smallest absolute Gasteiger partial charge is 0.266 e. The Kier molecular flexibility index (Phi) is 2.99. The lowest BCUT2D eigenvalue weighted by atomic mass is 10.5. The maximum absolute atomic E-state index is 11.9. The van der Waals surface area contributed by atoms with Crippen LogP contribution in [0.3, 0.4) is 0 Å². The van der Waals surface area contributed by atoms with Gasteiger partial charge in [0.2, 0.25) is 0 Å². The van der Waals surface area contributed by atoms with Gasteiger partial charge in [-0.1, -0.05) is 11.6 Å². The van der Waals surface area contributed by atoms with Crippen molar-refractivity contribution >= 4 is 27.4 Å². The average molecular weight is 274 g/mol. The van der Waals surface area contributed by atoms with Crippen molar-refractivity contribution in [3.8, 4) is 0 Å². The summed E-state index contributed by atoms with van der Waals surface area (Å²) >= 11 is 5.60. The van der Waals surface area contributed by atoms with Crippen LogP contribution < -0.4 is 4.72 Å². The molecule has 90 valence electrons. The van der Waals surface area contributed by atoms with Gasteiger partial charge in [-0.3, -0.25) is 14.8 Å². The minimum absolute atomic E-state index is 0.0538. The standard InChI is InChI=1S/C8H8ClN5O2S/c1-5-6(2-11-13-5)17(15,16)14-8-4-10-3-7(9)12-8/h2-4H,1H3,(H,11,13)(H,12,14). The molecular formula is C8H8ClN5O2S. The summed E-state index contributed by atoms with van der Waals surface area (Å²) in [5, 5.41) is 6.29. The fourth-order valence-electron chi connectivity index (χ4n) is 1.19. The van der Waals surface area contributed by atoms with Gasteiger partial charge in [0.1, 0.15) is 10.0 Å². The number of rotatable bonds is 3. The molecular weight excluding hydrogens is 266 g/mol. The van der Waals surface area contributed by atoms with Gasteiger partial charge >= 0.3 is 0 Å². The highest BCUT2D eigenvalue weighted by Gasteiger charge is 2.19. The highest BCUT2D eigenvalue weighted by Crippen LogP contribution is 2.16. The highest BCUT2D eigenvalue weighted by atomic mass is 35.5. The van der Waals surface area contributed by atoms with Crippen LogP contribution >= 0.6 is 11.6 Å². The summed E-state index contributed by atoms with van der Waals surface area (Å²) in [4.78, 5) is 7.56. The van der Waals surface area contributed by atoms with E-state index in [4.69, 9.17) is 11.6 Å². The van der Waals surface area contributed by atoms with E-state index in [0.29, 0.717) is 5.69 Å². The van der Waals surface area contributed by atoms with Gasteiger partial charge in [0, 0.05) is 0 Å². The van der Waals surface area contributed by atoms with Crippen LogP contribution in [-0.2, 0) is 10.0 Å². The Labute approximate surface area is 102 Å². The SMILES string of the molecule is Cc1[nH]ncc1S(=O)(=O)Nc1cncc(Cl)n1.